The van der Waals surface area contributed by atoms with Crippen LogP contribution in [0.3, 0.4) is 0 Å². The Kier molecular flexibility index (Phi) is 9.95. The summed E-state index contributed by atoms with van der Waals surface area (Å²) >= 11 is 0. The highest BCUT2D eigenvalue weighted by Gasteiger charge is 2.29. The van der Waals surface area contributed by atoms with Gasteiger partial charge in [0.05, 0.1) is 21.4 Å². The van der Waals surface area contributed by atoms with E-state index in [2.05, 4.69) is 34.6 Å². The summed E-state index contributed by atoms with van der Waals surface area (Å²) in [5.74, 6) is 2.01. The Balaban J connectivity index is 3.05. The van der Waals surface area contributed by atoms with Gasteiger partial charge in [-0.3, -0.25) is 0 Å². The minimum Gasteiger partial charge on any atom is -0.496 e. The van der Waals surface area contributed by atoms with Crippen molar-refractivity contribution in [3.63, 3.8) is 0 Å². The quantitative estimate of drug-likeness (QED) is 0.276. The smallest absolute Gasteiger partial charge is 0.126 e. The Morgan fingerprint density at radius 3 is 2.11 bits per heavy atom. The minimum atomic E-state index is -2.36. The van der Waals surface area contributed by atoms with Gasteiger partial charge in [-0.15, -0.1) is 0 Å². The fourth-order valence-corrected chi connectivity index (χ4v) is 7.53. The second-order valence-electron chi connectivity index (χ2n) is 9.19. The van der Waals surface area contributed by atoms with E-state index in [1.807, 2.05) is 18.2 Å². The summed E-state index contributed by atoms with van der Waals surface area (Å²) < 4.78 is 25.2. The minimum absolute atomic E-state index is 0.259. The summed E-state index contributed by atoms with van der Waals surface area (Å²) in [5.41, 5.74) is 1.22. The Morgan fingerprint density at radius 2 is 1.63 bits per heavy atom. The molecule has 0 fully saturated rings. The molecule has 27 heavy (non-hydrogen) atoms. The first-order valence-corrected chi connectivity index (χ1v) is 12.7. The van der Waals surface area contributed by atoms with Gasteiger partial charge in [0.1, 0.15) is 11.5 Å². The molecule has 0 saturated heterocycles. The van der Waals surface area contributed by atoms with Crippen molar-refractivity contribution >= 4 is 7.14 Å². The average Bonchev–Trinajstić information content (AvgIpc) is 2.57. The third kappa shape index (κ3) is 8.73. The van der Waals surface area contributed by atoms with Crippen molar-refractivity contribution in [2.45, 2.75) is 72.9 Å². The topological polar surface area (TPSA) is 35.5 Å². The highest BCUT2D eigenvalue weighted by atomic mass is 31.2. The van der Waals surface area contributed by atoms with E-state index in [0.29, 0.717) is 12.1 Å². The Labute approximate surface area is 167 Å². The molecule has 0 bridgehead atoms. The molecule has 0 N–H and O–H groups in total. The van der Waals surface area contributed by atoms with E-state index in [1.54, 1.807) is 14.2 Å². The summed E-state index contributed by atoms with van der Waals surface area (Å²) in [5, 5.41) is 0. The maximum absolute atomic E-state index is 14.1. The highest BCUT2D eigenvalue weighted by molar-refractivity contribution is 7.63. The van der Waals surface area contributed by atoms with E-state index in [1.165, 1.54) is 12.8 Å². The van der Waals surface area contributed by atoms with Gasteiger partial charge in [-0.25, -0.2) is 0 Å². The molecule has 1 aromatic carbocycles. The largest absolute Gasteiger partial charge is 0.496 e. The number of hydrogen-bond donors (Lipinski definition) is 0. The van der Waals surface area contributed by atoms with Crippen LogP contribution >= 0.6 is 7.14 Å². The van der Waals surface area contributed by atoms with E-state index >= 15 is 0 Å². The molecule has 0 radical (unpaired) electrons. The third-order valence-electron chi connectivity index (χ3n) is 5.00. The molecule has 0 heterocycles. The van der Waals surface area contributed by atoms with Gasteiger partial charge < -0.3 is 14.0 Å². The van der Waals surface area contributed by atoms with Gasteiger partial charge in [0.25, 0.3) is 0 Å². The standard InChI is InChI=1S/C23H41O3P/c1-8-9-10-11-15-27(24,17-19(2)16-23(3,4)5)18-20-21(25-6)13-12-14-22(20)26-7/h12-14,19H,8-11,15-18H2,1-7H3. The van der Waals surface area contributed by atoms with Crippen molar-refractivity contribution in [3.8, 4) is 11.5 Å². The zero-order valence-corrected chi connectivity index (χ0v) is 19.5. The molecule has 2 atom stereocenters. The predicted molar refractivity (Wildman–Crippen MR) is 118 cm³/mol. The van der Waals surface area contributed by atoms with Crippen molar-refractivity contribution in [2.75, 3.05) is 26.5 Å². The summed E-state index contributed by atoms with van der Waals surface area (Å²) in [6, 6.07) is 5.81. The summed E-state index contributed by atoms with van der Waals surface area (Å²) in [4.78, 5) is 0. The fourth-order valence-electron chi connectivity index (χ4n) is 4.11. The van der Waals surface area contributed by atoms with Crippen LogP contribution in [0.15, 0.2) is 18.2 Å². The molecule has 0 aliphatic heterocycles. The first kappa shape index (κ1) is 24.1. The Morgan fingerprint density at radius 1 is 1.04 bits per heavy atom. The van der Waals surface area contributed by atoms with Crippen LogP contribution in [0.4, 0.5) is 0 Å². The van der Waals surface area contributed by atoms with Crippen molar-refractivity contribution in [1.82, 2.24) is 0 Å². The normalized spacial score (nSPS) is 15.2. The Bertz CT molecular complexity index is 582. The monoisotopic (exact) mass is 396 g/mol. The van der Waals surface area contributed by atoms with Gasteiger partial charge in [0.2, 0.25) is 0 Å². The van der Waals surface area contributed by atoms with Crippen molar-refractivity contribution < 1.29 is 14.0 Å². The molecule has 0 spiro atoms. The van der Waals surface area contributed by atoms with Crippen LogP contribution < -0.4 is 9.47 Å². The lowest BCUT2D eigenvalue weighted by atomic mass is 9.86. The zero-order valence-electron chi connectivity index (χ0n) is 18.6. The molecule has 0 aliphatic rings. The first-order valence-electron chi connectivity index (χ1n) is 10.4. The van der Waals surface area contributed by atoms with Crippen LogP contribution in [0.2, 0.25) is 0 Å². The average molecular weight is 397 g/mol. The SMILES string of the molecule is CCCCCCP(=O)(Cc1c(OC)cccc1OC)CC(C)CC(C)(C)C. The molecule has 156 valence electrons. The lowest BCUT2D eigenvalue weighted by Gasteiger charge is -2.28. The van der Waals surface area contributed by atoms with Gasteiger partial charge in [0, 0.05) is 24.0 Å². The molecule has 3 nitrogen and oxygen atoms in total. The van der Waals surface area contributed by atoms with Gasteiger partial charge in [-0.1, -0.05) is 59.9 Å². The molecule has 2 unspecified atom stereocenters. The molecule has 0 saturated carbocycles. The maximum atomic E-state index is 14.1. The van der Waals surface area contributed by atoms with Crippen LogP contribution in [0.5, 0.6) is 11.5 Å². The number of methoxy groups -OCH3 is 2. The zero-order chi connectivity index (χ0) is 20.5. The van der Waals surface area contributed by atoms with E-state index < -0.39 is 7.14 Å². The summed E-state index contributed by atoms with van der Waals surface area (Å²) in [6.07, 6.45) is 7.92. The maximum Gasteiger partial charge on any atom is 0.126 e. The molecule has 1 rings (SSSR count). The van der Waals surface area contributed by atoms with Gasteiger partial charge in [0.15, 0.2) is 0 Å². The number of rotatable bonds is 12. The fraction of sp³-hybridized carbons (Fsp3) is 0.739. The summed E-state index contributed by atoms with van der Waals surface area (Å²) in [6.45, 7) is 11.3. The van der Waals surface area contributed by atoms with Crippen molar-refractivity contribution in [3.05, 3.63) is 23.8 Å². The van der Waals surface area contributed by atoms with Crippen LogP contribution in [-0.4, -0.2) is 26.5 Å². The third-order valence-corrected chi connectivity index (χ3v) is 8.31. The van der Waals surface area contributed by atoms with E-state index in [4.69, 9.17) is 9.47 Å². The van der Waals surface area contributed by atoms with Crippen LogP contribution in [-0.2, 0) is 10.7 Å². The van der Waals surface area contributed by atoms with Gasteiger partial charge >= 0.3 is 0 Å². The van der Waals surface area contributed by atoms with E-state index in [9.17, 15) is 4.57 Å². The van der Waals surface area contributed by atoms with Crippen molar-refractivity contribution in [1.29, 1.82) is 0 Å². The molecule has 0 aliphatic carbocycles. The van der Waals surface area contributed by atoms with Crippen LogP contribution in [0.1, 0.15) is 72.3 Å². The molecule has 4 heteroatoms. The number of unbranched alkanes of at least 4 members (excludes halogenated alkanes) is 3. The molecular formula is C23H41O3P. The van der Waals surface area contributed by atoms with E-state index in [-0.39, 0.29) is 5.41 Å². The van der Waals surface area contributed by atoms with Crippen LogP contribution in [0.25, 0.3) is 0 Å². The van der Waals surface area contributed by atoms with Gasteiger partial charge in [-0.05, 0) is 36.3 Å². The molecular weight excluding hydrogens is 355 g/mol. The second-order valence-corrected chi connectivity index (χ2v) is 12.4. The van der Waals surface area contributed by atoms with Gasteiger partial charge in [-0.2, -0.15) is 0 Å². The molecule has 0 aromatic heterocycles. The summed E-state index contributed by atoms with van der Waals surface area (Å²) in [7, 11) is 0.983. The highest BCUT2D eigenvalue weighted by Crippen LogP contribution is 2.55. The first-order chi connectivity index (χ1) is 12.6. The number of benzene rings is 1. The van der Waals surface area contributed by atoms with E-state index in [0.717, 1.165) is 48.6 Å². The van der Waals surface area contributed by atoms with Crippen molar-refractivity contribution in [2.24, 2.45) is 11.3 Å². The molecule has 0 amide bonds. The van der Waals surface area contributed by atoms with Crippen LogP contribution in [0, 0.1) is 11.3 Å². The number of hydrogen-bond acceptors (Lipinski definition) is 3. The lowest BCUT2D eigenvalue weighted by Crippen LogP contribution is -2.15. The Hall–Kier alpha value is -0.950. The molecule has 1 aromatic rings. The number of ether oxygens (including phenoxy) is 2. The second kappa shape index (κ2) is 11.1. The predicted octanol–water partition coefficient (Wildman–Crippen LogP) is 7.22. The lowest BCUT2D eigenvalue weighted by molar-refractivity contribution is 0.321.